The highest BCUT2D eigenvalue weighted by molar-refractivity contribution is 5.71. The molecule has 0 heterocycles. The summed E-state index contributed by atoms with van der Waals surface area (Å²) in [5.74, 6) is -0.959. The van der Waals surface area contributed by atoms with Crippen molar-refractivity contribution in [2.24, 2.45) is 0 Å². The highest BCUT2D eigenvalue weighted by Gasteiger charge is 2.19. The molecule has 0 spiro atoms. The summed E-state index contributed by atoms with van der Waals surface area (Å²) in [7, 11) is 0. The second-order valence-corrected chi connectivity index (χ2v) is 20.3. The van der Waals surface area contributed by atoms with Crippen molar-refractivity contribution < 1.29 is 28.6 Å². The zero-order valence-electron chi connectivity index (χ0n) is 47.4. The summed E-state index contributed by atoms with van der Waals surface area (Å²) < 4.78 is 16.9. The van der Waals surface area contributed by atoms with E-state index in [2.05, 4.69) is 106 Å². The Morgan fingerprint density at radius 1 is 0.292 bits per heavy atom. The highest BCUT2D eigenvalue weighted by atomic mass is 16.6. The van der Waals surface area contributed by atoms with Crippen molar-refractivity contribution in [2.75, 3.05) is 13.2 Å². The number of ether oxygens (including phenoxy) is 3. The van der Waals surface area contributed by atoms with Gasteiger partial charge in [-0.2, -0.15) is 0 Å². The van der Waals surface area contributed by atoms with E-state index in [1.165, 1.54) is 173 Å². The van der Waals surface area contributed by atoms with Crippen molar-refractivity contribution in [1.82, 2.24) is 0 Å². The van der Waals surface area contributed by atoms with E-state index >= 15 is 0 Å². The lowest BCUT2D eigenvalue weighted by Gasteiger charge is -2.18. The molecule has 0 saturated heterocycles. The fraction of sp³-hybridized carbons (Fsp3) is 0.742. The summed E-state index contributed by atoms with van der Waals surface area (Å²) in [6.07, 6.45) is 78.6. The van der Waals surface area contributed by atoms with Crippen molar-refractivity contribution >= 4 is 17.9 Å². The molecule has 1 unspecified atom stereocenters. The van der Waals surface area contributed by atoms with Crippen LogP contribution >= 0.6 is 0 Å². The van der Waals surface area contributed by atoms with Gasteiger partial charge in [-0.25, -0.2) is 0 Å². The Morgan fingerprint density at radius 2 is 0.556 bits per heavy atom. The van der Waals surface area contributed by atoms with E-state index in [1.54, 1.807) is 0 Å². The molecule has 0 bridgehead atoms. The van der Waals surface area contributed by atoms with Crippen molar-refractivity contribution in [3.05, 3.63) is 85.1 Å². The maximum absolute atomic E-state index is 12.9. The predicted octanol–water partition coefficient (Wildman–Crippen LogP) is 20.7. The Morgan fingerprint density at radius 3 is 0.958 bits per heavy atom. The Kier molecular flexibility index (Phi) is 57.3. The van der Waals surface area contributed by atoms with Crippen molar-refractivity contribution in [3.63, 3.8) is 0 Å². The third kappa shape index (κ3) is 57.5. The topological polar surface area (TPSA) is 78.9 Å². The Hall–Kier alpha value is -3.41. The summed E-state index contributed by atoms with van der Waals surface area (Å²) in [5.41, 5.74) is 0. The second-order valence-electron chi connectivity index (χ2n) is 20.3. The van der Waals surface area contributed by atoms with Crippen LogP contribution < -0.4 is 0 Å². The number of carbonyl (C=O) groups is 3. The molecule has 0 aromatic heterocycles. The van der Waals surface area contributed by atoms with Crippen molar-refractivity contribution in [1.29, 1.82) is 0 Å². The van der Waals surface area contributed by atoms with Gasteiger partial charge in [0.1, 0.15) is 13.2 Å². The molecule has 1 atom stereocenters. The molecular formula is C66H114O6. The Bertz CT molecular complexity index is 1380. The SMILES string of the molecule is CCCCC/C=C\C=C/CCCCCCCCCCCCC(=O)OCC(COC(=O)CCC/C=C\C/C=C\C/C=C\C/C=C\CCCCC)OC(=O)CCCCCCC/C=C\CCCCCCCCCCC. The van der Waals surface area contributed by atoms with E-state index in [1.807, 2.05) is 0 Å². The number of hydrogen-bond acceptors (Lipinski definition) is 6. The first-order valence-electron chi connectivity index (χ1n) is 30.6. The molecule has 0 radical (unpaired) electrons. The molecule has 0 aliphatic rings. The van der Waals surface area contributed by atoms with Crippen molar-refractivity contribution in [2.45, 2.75) is 303 Å². The van der Waals surface area contributed by atoms with Gasteiger partial charge in [0.05, 0.1) is 0 Å². The molecule has 6 nitrogen and oxygen atoms in total. The molecular weight excluding hydrogens is 889 g/mol. The average Bonchev–Trinajstić information content (AvgIpc) is 3.38. The monoisotopic (exact) mass is 1000 g/mol. The molecule has 72 heavy (non-hydrogen) atoms. The molecule has 6 heteroatoms. The van der Waals surface area contributed by atoms with Gasteiger partial charge in [-0.05, 0) is 109 Å². The van der Waals surface area contributed by atoms with Crippen LogP contribution in [-0.4, -0.2) is 37.2 Å². The first-order valence-corrected chi connectivity index (χ1v) is 30.6. The third-order valence-corrected chi connectivity index (χ3v) is 13.1. The average molecular weight is 1000 g/mol. The molecule has 0 aromatic carbocycles. The minimum Gasteiger partial charge on any atom is -0.462 e. The smallest absolute Gasteiger partial charge is 0.306 e. The number of rotatable bonds is 55. The fourth-order valence-corrected chi connectivity index (χ4v) is 8.48. The van der Waals surface area contributed by atoms with Crippen LogP contribution in [0.5, 0.6) is 0 Å². The summed E-state index contributed by atoms with van der Waals surface area (Å²) in [6, 6.07) is 0. The number of carbonyl (C=O) groups excluding carboxylic acids is 3. The molecule has 0 N–H and O–H groups in total. The van der Waals surface area contributed by atoms with Gasteiger partial charge in [0, 0.05) is 19.3 Å². The highest BCUT2D eigenvalue weighted by Crippen LogP contribution is 2.15. The molecule has 0 aliphatic heterocycles. The maximum Gasteiger partial charge on any atom is 0.306 e. The largest absolute Gasteiger partial charge is 0.462 e. The van der Waals surface area contributed by atoms with Gasteiger partial charge in [0.2, 0.25) is 0 Å². The van der Waals surface area contributed by atoms with Crippen LogP contribution in [0.4, 0.5) is 0 Å². The Labute approximate surface area is 445 Å². The number of esters is 3. The molecule has 0 amide bonds. The molecule has 0 fully saturated rings. The summed E-state index contributed by atoms with van der Waals surface area (Å²) in [6.45, 7) is 6.55. The van der Waals surface area contributed by atoms with Crippen LogP contribution in [-0.2, 0) is 28.6 Å². The lowest BCUT2D eigenvalue weighted by atomic mass is 10.1. The lowest BCUT2D eigenvalue weighted by molar-refractivity contribution is -0.167. The van der Waals surface area contributed by atoms with E-state index in [0.717, 1.165) is 77.0 Å². The zero-order valence-corrected chi connectivity index (χ0v) is 47.4. The molecule has 0 aliphatic carbocycles. The van der Waals surface area contributed by atoms with Gasteiger partial charge in [0.15, 0.2) is 6.10 Å². The standard InChI is InChI=1S/C66H114O6/c1-4-7-10-13-16-19-22-25-28-31-33-36-38-41-44-47-50-53-56-59-65(68)71-62-63(61-70-64(67)58-55-52-49-46-43-40-37-34-30-27-24-21-18-15-12-9-6-3)72-66(69)60-57-54-51-48-45-42-39-35-32-29-26-23-20-17-14-11-8-5-2/h16,18-19,21-22,25,27,30,35,37,39-40,46,49,63H,4-15,17,20,23-24,26,28-29,31-34,36,38,41-45,47-48,50-62H2,1-3H3/b19-16-,21-18-,25-22-,30-27-,39-35-,40-37-,49-46-. The van der Waals surface area contributed by atoms with Crippen LogP contribution in [0.25, 0.3) is 0 Å². The van der Waals surface area contributed by atoms with Gasteiger partial charge in [-0.3, -0.25) is 14.4 Å². The molecule has 0 rings (SSSR count). The normalized spacial score (nSPS) is 12.7. The van der Waals surface area contributed by atoms with E-state index in [9.17, 15) is 14.4 Å². The number of hydrogen-bond donors (Lipinski definition) is 0. The summed E-state index contributed by atoms with van der Waals surface area (Å²) in [5, 5.41) is 0. The van der Waals surface area contributed by atoms with Gasteiger partial charge < -0.3 is 14.2 Å². The minimum absolute atomic E-state index is 0.0980. The maximum atomic E-state index is 12.9. The molecule has 0 saturated carbocycles. The summed E-state index contributed by atoms with van der Waals surface area (Å²) in [4.78, 5) is 38.2. The number of unbranched alkanes of at least 4 members (excludes halogenated alkanes) is 31. The van der Waals surface area contributed by atoms with Gasteiger partial charge in [0.25, 0.3) is 0 Å². The van der Waals surface area contributed by atoms with Crippen LogP contribution in [0.2, 0.25) is 0 Å². The quantitative estimate of drug-likeness (QED) is 0.0199. The zero-order chi connectivity index (χ0) is 52.2. The fourth-order valence-electron chi connectivity index (χ4n) is 8.48. The van der Waals surface area contributed by atoms with Crippen LogP contribution in [0.15, 0.2) is 85.1 Å². The third-order valence-electron chi connectivity index (χ3n) is 13.1. The molecule has 414 valence electrons. The predicted molar refractivity (Wildman–Crippen MR) is 311 cm³/mol. The van der Waals surface area contributed by atoms with E-state index in [-0.39, 0.29) is 37.5 Å². The number of allylic oxidation sites excluding steroid dienone is 14. The second kappa shape index (κ2) is 60.1. The summed E-state index contributed by atoms with van der Waals surface area (Å²) >= 11 is 0. The first kappa shape index (κ1) is 68.6. The van der Waals surface area contributed by atoms with Crippen LogP contribution in [0, 0.1) is 0 Å². The van der Waals surface area contributed by atoms with E-state index < -0.39 is 6.10 Å². The van der Waals surface area contributed by atoms with Crippen LogP contribution in [0.3, 0.4) is 0 Å². The van der Waals surface area contributed by atoms with Gasteiger partial charge >= 0.3 is 17.9 Å². The molecule has 0 aromatic rings. The van der Waals surface area contributed by atoms with E-state index in [4.69, 9.17) is 14.2 Å². The lowest BCUT2D eigenvalue weighted by Crippen LogP contribution is -2.30. The van der Waals surface area contributed by atoms with Gasteiger partial charge in [-0.1, -0.05) is 254 Å². The van der Waals surface area contributed by atoms with Crippen molar-refractivity contribution in [3.8, 4) is 0 Å². The van der Waals surface area contributed by atoms with Gasteiger partial charge in [-0.15, -0.1) is 0 Å². The minimum atomic E-state index is -0.806. The van der Waals surface area contributed by atoms with Crippen LogP contribution in [0.1, 0.15) is 297 Å². The first-order chi connectivity index (χ1) is 35.5. The Balaban J connectivity index is 4.46. The van der Waals surface area contributed by atoms with E-state index in [0.29, 0.717) is 19.3 Å².